The van der Waals surface area contributed by atoms with Crippen molar-refractivity contribution in [3.05, 3.63) is 48.0 Å². The second kappa shape index (κ2) is 11.1. The van der Waals surface area contributed by atoms with E-state index in [-0.39, 0.29) is 30.7 Å². The van der Waals surface area contributed by atoms with Gasteiger partial charge in [0.25, 0.3) is 5.89 Å². The van der Waals surface area contributed by atoms with Gasteiger partial charge < -0.3 is 28.1 Å². The number of amides is 2. The van der Waals surface area contributed by atoms with E-state index in [0.29, 0.717) is 49.2 Å². The first-order valence-electron chi connectivity index (χ1n) is 11.7. The summed E-state index contributed by atoms with van der Waals surface area (Å²) in [4.78, 5) is 29.4. The second-order valence-corrected chi connectivity index (χ2v) is 8.42. The molecule has 0 saturated carbocycles. The van der Waals surface area contributed by atoms with Crippen molar-refractivity contribution in [2.75, 3.05) is 33.9 Å². The van der Waals surface area contributed by atoms with Crippen molar-refractivity contribution in [1.82, 2.24) is 20.0 Å². The SMILES string of the molecule is CCCN(Cc1nnc(-c2ccco2)o1)C(=O)C1CC(=O)N(CCc2ccc(OC)c(OC)c2)C1. The second-order valence-electron chi connectivity index (χ2n) is 8.42. The van der Waals surface area contributed by atoms with E-state index in [0.717, 1.165) is 12.0 Å². The Hall–Kier alpha value is -3.82. The number of rotatable bonds is 11. The number of likely N-dealkylation sites (tertiary alicyclic amines) is 1. The van der Waals surface area contributed by atoms with Crippen molar-refractivity contribution in [1.29, 1.82) is 0 Å². The minimum atomic E-state index is -0.396. The molecule has 1 atom stereocenters. The standard InChI is InChI=1S/C25H30N4O6/c1-4-10-29(16-22-26-27-24(35-22)20-6-5-12-34-20)25(31)18-14-23(30)28(15-18)11-9-17-7-8-19(32-2)21(13-17)33-3/h5-8,12-13,18H,4,9-11,14-16H2,1-3H3. The molecule has 2 aromatic heterocycles. The third-order valence-corrected chi connectivity index (χ3v) is 6.01. The van der Waals surface area contributed by atoms with Crippen LogP contribution in [0.1, 0.15) is 31.2 Å². The van der Waals surface area contributed by atoms with E-state index in [1.165, 1.54) is 6.26 Å². The Morgan fingerprint density at radius 3 is 2.74 bits per heavy atom. The molecule has 2 amide bonds. The Balaban J connectivity index is 1.36. The summed E-state index contributed by atoms with van der Waals surface area (Å²) < 4.78 is 21.6. The Morgan fingerprint density at radius 2 is 2.03 bits per heavy atom. The van der Waals surface area contributed by atoms with Crippen LogP contribution in [0.4, 0.5) is 0 Å². The van der Waals surface area contributed by atoms with Gasteiger partial charge in [0.05, 0.1) is 32.9 Å². The molecule has 186 valence electrons. The third kappa shape index (κ3) is 5.64. The van der Waals surface area contributed by atoms with Gasteiger partial charge in [-0.25, -0.2) is 0 Å². The number of carbonyl (C=O) groups is 2. The van der Waals surface area contributed by atoms with Crippen LogP contribution in [0.5, 0.6) is 11.5 Å². The largest absolute Gasteiger partial charge is 0.493 e. The third-order valence-electron chi connectivity index (χ3n) is 6.01. The van der Waals surface area contributed by atoms with Gasteiger partial charge in [-0.3, -0.25) is 9.59 Å². The van der Waals surface area contributed by atoms with Gasteiger partial charge in [0.15, 0.2) is 17.3 Å². The molecule has 1 unspecified atom stereocenters. The van der Waals surface area contributed by atoms with Crippen molar-refractivity contribution < 1.29 is 27.9 Å². The highest BCUT2D eigenvalue weighted by Crippen LogP contribution is 2.28. The monoisotopic (exact) mass is 482 g/mol. The number of furan rings is 1. The number of methoxy groups -OCH3 is 2. The molecule has 0 N–H and O–H groups in total. The molecule has 1 fully saturated rings. The Morgan fingerprint density at radius 1 is 1.20 bits per heavy atom. The normalized spacial score (nSPS) is 15.5. The lowest BCUT2D eigenvalue weighted by Crippen LogP contribution is -2.38. The first kappa shape index (κ1) is 24.3. The molecule has 4 rings (SSSR count). The van der Waals surface area contributed by atoms with Gasteiger partial charge in [-0.2, -0.15) is 0 Å². The number of carbonyl (C=O) groups excluding carboxylic acids is 2. The number of benzene rings is 1. The molecule has 3 heterocycles. The average Bonchev–Trinajstić information content (AvgIpc) is 3.63. The van der Waals surface area contributed by atoms with Crippen LogP contribution < -0.4 is 9.47 Å². The first-order chi connectivity index (χ1) is 17.0. The van der Waals surface area contributed by atoms with Gasteiger partial charge in [0.1, 0.15) is 0 Å². The maximum Gasteiger partial charge on any atom is 0.283 e. The number of nitrogens with zero attached hydrogens (tertiary/aromatic N) is 4. The molecule has 10 nitrogen and oxygen atoms in total. The number of aromatic nitrogens is 2. The van der Waals surface area contributed by atoms with Crippen molar-refractivity contribution >= 4 is 11.8 Å². The topological polar surface area (TPSA) is 111 Å². The summed E-state index contributed by atoms with van der Waals surface area (Å²) in [6.07, 6.45) is 3.16. The summed E-state index contributed by atoms with van der Waals surface area (Å²) in [7, 11) is 3.19. The van der Waals surface area contributed by atoms with Gasteiger partial charge in [0.2, 0.25) is 17.7 Å². The summed E-state index contributed by atoms with van der Waals surface area (Å²) in [5, 5.41) is 8.06. The Kier molecular flexibility index (Phi) is 7.69. The molecule has 0 aliphatic carbocycles. The van der Waals surface area contributed by atoms with Gasteiger partial charge in [-0.15, -0.1) is 10.2 Å². The lowest BCUT2D eigenvalue weighted by atomic mass is 10.1. The van der Waals surface area contributed by atoms with Crippen LogP contribution in [0.2, 0.25) is 0 Å². The fourth-order valence-electron chi connectivity index (χ4n) is 4.23. The first-order valence-corrected chi connectivity index (χ1v) is 11.7. The molecular weight excluding hydrogens is 452 g/mol. The van der Waals surface area contributed by atoms with E-state index in [2.05, 4.69) is 10.2 Å². The molecule has 0 spiro atoms. The minimum absolute atomic E-state index is 0.0156. The van der Waals surface area contributed by atoms with Gasteiger partial charge in [-0.1, -0.05) is 13.0 Å². The number of ether oxygens (including phenoxy) is 2. The highest BCUT2D eigenvalue weighted by Gasteiger charge is 2.36. The maximum absolute atomic E-state index is 13.3. The highest BCUT2D eigenvalue weighted by molar-refractivity contribution is 5.89. The van der Waals surface area contributed by atoms with Gasteiger partial charge in [-0.05, 0) is 42.7 Å². The van der Waals surface area contributed by atoms with Gasteiger partial charge >= 0.3 is 0 Å². The molecular formula is C25H30N4O6. The number of hydrogen-bond donors (Lipinski definition) is 0. The zero-order chi connectivity index (χ0) is 24.8. The predicted molar refractivity (Wildman–Crippen MR) is 126 cm³/mol. The molecule has 1 aromatic carbocycles. The highest BCUT2D eigenvalue weighted by atomic mass is 16.5. The van der Waals surface area contributed by atoms with Crippen LogP contribution in [0.15, 0.2) is 45.4 Å². The zero-order valence-electron chi connectivity index (χ0n) is 20.2. The molecule has 35 heavy (non-hydrogen) atoms. The minimum Gasteiger partial charge on any atom is -0.493 e. The Labute approximate surface area is 203 Å². The molecule has 1 saturated heterocycles. The van der Waals surface area contributed by atoms with E-state index >= 15 is 0 Å². The lowest BCUT2D eigenvalue weighted by Gasteiger charge is -2.24. The van der Waals surface area contributed by atoms with Crippen LogP contribution in [0.25, 0.3) is 11.7 Å². The molecule has 3 aromatic rings. The van der Waals surface area contributed by atoms with Gasteiger partial charge in [0, 0.05) is 26.1 Å². The number of hydrogen-bond acceptors (Lipinski definition) is 8. The van der Waals surface area contributed by atoms with Crippen LogP contribution in [0, 0.1) is 5.92 Å². The lowest BCUT2D eigenvalue weighted by molar-refractivity contribution is -0.136. The van der Waals surface area contributed by atoms with E-state index in [4.69, 9.17) is 18.3 Å². The molecule has 0 radical (unpaired) electrons. The average molecular weight is 483 g/mol. The van der Waals surface area contributed by atoms with E-state index < -0.39 is 5.92 Å². The van der Waals surface area contributed by atoms with Crippen LogP contribution in [-0.2, 0) is 22.6 Å². The maximum atomic E-state index is 13.3. The van der Waals surface area contributed by atoms with Crippen molar-refractivity contribution in [2.24, 2.45) is 5.92 Å². The summed E-state index contributed by atoms with van der Waals surface area (Å²) in [5.41, 5.74) is 1.03. The quantitative estimate of drug-likeness (QED) is 0.410. The van der Waals surface area contributed by atoms with E-state index in [1.54, 1.807) is 36.2 Å². The van der Waals surface area contributed by atoms with Crippen molar-refractivity contribution in [3.8, 4) is 23.1 Å². The summed E-state index contributed by atoms with van der Waals surface area (Å²) in [6.45, 7) is 3.65. The Bertz CT molecular complexity index is 1140. The molecule has 1 aliphatic rings. The summed E-state index contributed by atoms with van der Waals surface area (Å²) in [5.74, 6) is 1.89. The molecule has 0 bridgehead atoms. The van der Waals surface area contributed by atoms with Crippen LogP contribution in [0.3, 0.4) is 0 Å². The summed E-state index contributed by atoms with van der Waals surface area (Å²) in [6, 6.07) is 9.18. The smallest absolute Gasteiger partial charge is 0.283 e. The zero-order valence-corrected chi connectivity index (χ0v) is 20.2. The fourth-order valence-corrected chi connectivity index (χ4v) is 4.23. The van der Waals surface area contributed by atoms with Crippen LogP contribution in [-0.4, -0.2) is 65.7 Å². The van der Waals surface area contributed by atoms with E-state index in [1.807, 2.05) is 25.1 Å². The fraction of sp³-hybridized carbons (Fsp3) is 0.440. The van der Waals surface area contributed by atoms with E-state index in [9.17, 15) is 9.59 Å². The van der Waals surface area contributed by atoms with Crippen molar-refractivity contribution in [3.63, 3.8) is 0 Å². The summed E-state index contributed by atoms with van der Waals surface area (Å²) >= 11 is 0. The van der Waals surface area contributed by atoms with Crippen molar-refractivity contribution in [2.45, 2.75) is 32.7 Å². The molecule has 10 heteroatoms. The van der Waals surface area contributed by atoms with Crippen LogP contribution >= 0.6 is 0 Å². The molecule has 1 aliphatic heterocycles. The predicted octanol–water partition coefficient (Wildman–Crippen LogP) is 3.18.